The highest BCUT2D eigenvalue weighted by Crippen LogP contribution is 2.40. The fourth-order valence-electron chi connectivity index (χ4n) is 0.337. The zero-order valence-electron chi connectivity index (χ0n) is 6.25. The Morgan fingerprint density at radius 3 is 2.80 bits per heavy atom. The zero-order valence-corrected chi connectivity index (χ0v) is 8.89. The molecule has 0 saturated heterocycles. The van der Waals surface area contributed by atoms with Crippen molar-refractivity contribution in [2.45, 2.75) is 6.92 Å². The molecule has 1 unspecified atom stereocenters. The van der Waals surface area contributed by atoms with Gasteiger partial charge in [-0.3, -0.25) is 0 Å². The van der Waals surface area contributed by atoms with E-state index in [2.05, 4.69) is 6.26 Å². The van der Waals surface area contributed by atoms with Crippen molar-refractivity contribution >= 4 is 30.0 Å². The number of ether oxygens (including phenoxy) is 1. The summed E-state index contributed by atoms with van der Waals surface area (Å²) < 4.78 is 10.2. The van der Waals surface area contributed by atoms with E-state index in [4.69, 9.17) is 8.92 Å². The highest BCUT2D eigenvalue weighted by atomic mass is 33.1. The van der Waals surface area contributed by atoms with Crippen molar-refractivity contribution in [3.8, 4) is 0 Å². The van der Waals surface area contributed by atoms with Gasteiger partial charge in [-0.05, 0) is 13.2 Å². The van der Waals surface area contributed by atoms with Crippen LogP contribution >= 0.6 is 30.0 Å². The molecule has 0 spiro atoms. The average Bonchev–Trinajstić information content (AvgIpc) is 1.97. The van der Waals surface area contributed by atoms with Gasteiger partial charge in [0.2, 0.25) is 0 Å². The molecule has 0 heterocycles. The number of hydrogen-bond acceptors (Lipinski definition) is 4. The van der Waals surface area contributed by atoms with Gasteiger partial charge in [0.1, 0.15) is 0 Å². The minimum Gasteiger partial charge on any atom is -0.379 e. The fourth-order valence-corrected chi connectivity index (χ4v) is 2.25. The number of hydrogen-bond donors (Lipinski definition) is 0. The quantitative estimate of drug-likeness (QED) is 0.357. The Morgan fingerprint density at radius 2 is 2.20 bits per heavy atom. The van der Waals surface area contributed by atoms with Crippen LogP contribution in [-0.4, -0.2) is 26.1 Å². The van der Waals surface area contributed by atoms with Gasteiger partial charge in [0.25, 0.3) is 0 Å². The van der Waals surface area contributed by atoms with Crippen LogP contribution in [0.25, 0.3) is 0 Å². The highest BCUT2D eigenvalue weighted by Gasteiger charge is 1.87. The Balaban J connectivity index is 2.65. The van der Waals surface area contributed by atoms with Crippen molar-refractivity contribution < 1.29 is 8.92 Å². The van der Waals surface area contributed by atoms with E-state index in [9.17, 15) is 0 Å². The minimum atomic E-state index is 0.700. The molecule has 0 saturated carbocycles. The average molecular weight is 200 g/mol. The minimum absolute atomic E-state index is 0.700. The van der Waals surface area contributed by atoms with E-state index in [0.29, 0.717) is 13.2 Å². The normalized spacial score (nSPS) is 11.4. The number of rotatable bonds is 7. The van der Waals surface area contributed by atoms with Gasteiger partial charge in [-0.1, -0.05) is 0 Å². The highest BCUT2D eigenvalue weighted by molar-refractivity contribution is 8.80. The molecule has 2 nitrogen and oxygen atoms in total. The van der Waals surface area contributed by atoms with Crippen LogP contribution in [0.3, 0.4) is 0 Å². The molecule has 5 heteroatoms. The van der Waals surface area contributed by atoms with Crippen molar-refractivity contribution in [2.24, 2.45) is 0 Å². The summed E-state index contributed by atoms with van der Waals surface area (Å²) in [5.74, 6) is 0. The summed E-state index contributed by atoms with van der Waals surface area (Å²) in [7, 11) is 0. The Morgan fingerprint density at radius 1 is 1.40 bits per heavy atom. The van der Waals surface area contributed by atoms with Crippen LogP contribution in [0.15, 0.2) is 0 Å². The molecule has 0 aromatic heterocycles. The molecule has 0 radical (unpaired) electrons. The summed E-state index contributed by atoms with van der Waals surface area (Å²) >= 11 is 3.30. The standard InChI is InChI=1S/C5H13O2PS2/c1-3-6-4-5-7-10-8-9-2/h8H,3-5H2,1-2H3. The van der Waals surface area contributed by atoms with Crippen LogP contribution in [0.4, 0.5) is 0 Å². The largest absolute Gasteiger partial charge is 0.379 e. The molecule has 0 fully saturated rings. The molecular weight excluding hydrogens is 187 g/mol. The van der Waals surface area contributed by atoms with E-state index in [1.807, 2.05) is 6.92 Å². The Bertz CT molecular complexity index is 57.6. The third kappa shape index (κ3) is 9.05. The van der Waals surface area contributed by atoms with Crippen LogP contribution in [0.5, 0.6) is 0 Å². The summed E-state index contributed by atoms with van der Waals surface area (Å²) in [6.45, 7) is 4.95. The topological polar surface area (TPSA) is 18.5 Å². The first-order chi connectivity index (χ1) is 4.91. The van der Waals surface area contributed by atoms with Crippen molar-refractivity contribution in [2.75, 3.05) is 26.1 Å². The molecule has 62 valence electrons. The predicted molar refractivity (Wildman–Crippen MR) is 51.9 cm³/mol. The summed E-state index contributed by atoms with van der Waals surface area (Å²) in [4.78, 5) is 0. The van der Waals surface area contributed by atoms with Crippen LogP contribution in [0.1, 0.15) is 6.92 Å². The van der Waals surface area contributed by atoms with Crippen molar-refractivity contribution in [3.05, 3.63) is 0 Å². The van der Waals surface area contributed by atoms with Gasteiger partial charge in [0.15, 0.2) is 0 Å². The monoisotopic (exact) mass is 200 g/mol. The van der Waals surface area contributed by atoms with E-state index < -0.39 is 0 Å². The zero-order chi connectivity index (χ0) is 7.66. The molecule has 0 aliphatic rings. The van der Waals surface area contributed by atoms with Crippen molar-refractivity contribution in [3.63, 3.8) is 0 Å². The molecular formula is C5H13O2PS2. The lowest BCUT2D eigenvalue weighted by atomic mass is 10.8. The summed E-state index contributed by atoms with van der Waals surface area (Å²) in [6.07, 6.45) is 2.07. The molecule has 0 bridgehead atoms. The molecule has 0 aliphatic carbocycles. The van der Waals surface area contributed by atoms with Crippen LogP contribution in [0.2, 0.25) is 0 Å². The van der Waals surface area contributed by atoms with E-state index in [1.165, 1.54) is 11.7 Å². The maximum atomic E-state index is 5.16. The predicted octanol–water partition coefficient (Wildman–Crippen LogP) is 2.56. The van der Waals surface area contributed by atoms with Gasteiger partial charge in [0, 0.05) is 25.3 Å². The van der Waals surface area contributed by atoms with E-state index in [-0.39, 0.29) is 0 Å². The second kappa shape index (κ2) is 10.0. The maximum absolute atomic E-state index is 5.16. The maximum Gasteiger partial charge on any atom is 0.0852 e. The van der Waals surface area contributed by atoms with Crippen LogP contribution in [-0.2, 0) is 8.92 Å². The molecule has 0 aromatic carbocycles. The first-order valence-electron chi connectivity index (χ1n) is 3.06. The Hall–Kier alpha value is 1.05. The molecule has 10 heavy (non-hydrogen) atoms. The van der Waals surface area contributed by atoms with Crippen LogP contribution < -0.4 is 0 Å². The van der Waals surface area contributed by atoms with Gasteiger partial charge in [0.05, 0.1) is 13.2 Å². The Kier molecular flexibility index (Phi) is 11.1. The lowest BCUT2D eigenvalue weighted by molar-refractivity contribution is 0.118. The molecule has 0 aliphatic heterocycles. The SMILES string of the molecule is CCOCCOSPSC. The van der Waals surface area contributed by atoms with Gasteiger partial charge in [-0.15, -0.1) is 11.4 Å². The second-order valence-electron chi connectivity index (χ2n) is 1.39. The third-order valence-electron chi connectivity index (χ3n) is 0.691. The lowest BCUT2D eigenvalue weighted by Crippen LogP contribution is -1.98. The molecule has 0 aromatic rings. The van der Waals surface area contributed by atoms with Crippen molar-refractivity contribution in [1.82, 2.24) is 0 Å². The summed E-state index contributed by atoms with van der Waals surface area (Å²) in [6, 6.07) is 0. The Labute approximate surface area is 72.3 Å². The summed E-state index contributed by atoms with van der Waals surface area (Å²) in [5.41, 5.74) is 0. The van der Waals surface area contributed by atoms with E-state index in [1.54, 1.807) is 11.4 Å². The smallest absolute Gasteiger partial charge is 0.0852 e. The lowest BCUT2D eigenvalue weighted by Gasteiger charge is -2.00. The van der Waals surface area contributed by atoms with E-state index >= 15 is 0 Å². The second-order valence-corrected chi connectivity index (χ2v) is 6.09. The third-order valence-corrected chi connectivity index (χ3v) is 4.38. The van der Waals surface area contributed by atoms with Crippen molar-refractivity contribution in [1.29, 1.82) is 0 Å². The van der Waals surface area contributed by atoms with E-state index in [0.717, 1.165) is 13.6 Å². The van der Waals surface area contributed by atoms with Crippen LogP contribution in [0, 0.1) is 0 Å². The molecule has 1 atom stereocenters. The van der Waals surface area contributed by atoms with Gasteiger partial charge < -0.3 is 8.92 Å². The van der Waals surface area contributed by atoms with Gasteiger partial charge in [-0.25, -0.2) is 0 Å². The fraction of sp³-hybridized carbons (Fsp3) is 1.00. The molecule has 0 amide bonds. The first-order valence-corrected chi connectivity index (χ1v) is 7.47. The van der Waals surface area contributed by atoms with Gasteiger partial charge >= 0.3 is 0 Å². The molecule has 0 rings (SSSR count). The molecule has 0 N–H and O–H groups in total. The summed E-state index contributed by atoms with van der Waals surface area (Å²) in [5, 5.41) is 0. The first kappa shape index (κ1) is 11.1. The van der Waals surface area contributed by atoms with Gasteiger partial charge in [-0.2, -0.15) is 0 Å².